The maximum atomic E-state index is 14.6. The molecule has 0 aliphatic carbocycles. The average Bonchev–Trinajstić information content (AvgIpc) is 3.84. The van der Waals surface area contributed by atoms with Crippen molar-refractivity contribution in [3.8, 4) is 0 Å². The normalized spacial score (nSPS) is 17.5. The number of nitrogens with two attached hydrogens (primary N) is 1. The van der Waals surface area contributed by atoms with Crippen LogP contribution < -0.4 is 58.9 Å². The van der Waals surface area contributed by atoms with E-state index < -0.39 is 89.8 Å². The molecule has 22 nitrogen and oxygen atoms in total. The van der Waals surface area contributed by atoms with E-state index in [0.29, 0.717) is 47.9 Å². The van der Waals surface area contributed by atoms with Gasteiger partial charge in [0, 0.05) is 43.1 Å². The van der Waals surface area contributed by atoms with E-state index in [4.69, 9.17) is 5.73 Å². The zero-order valence-electron chi connectivity index (χ0n) is 43.4. The van der Waals surface area contributed by atoms with Crippen molar-refractivity contribution in [1.82, 2.24) is 52.3 Å². The quantitative estimate of drug-likeness (QED) is 0.0565. The standard InChI is InChI=1S/C51H77N13O9/c1-29(2)25-40(46(68)58-37(13-10-11-23-63(9)30(3)4)49(71)64-24-12-14-42(64)48(70)56-32(6)44(66)54-8)59-47(69)41(27-34-17-21-36(22-18-34)57-50(52)72)60-45(67)39(53-7)26-33-15-19-35(20-16-33)55-31(5)38-28-43(65)62-51(73)61-38/h15-22,29-30,32,37-42,53,55H,5,10-14,23-28H2,1-4,6-9H3,(H,54,66)(H,56,70)(H,58,68)(H,59,69)(H,60,67)(H3,52,57,72)(H2,61,62,65,73)/t32-,37+,38+,39+,40+,41-,42+/m1/s1. The van der Waals surface area contributed by atoms with Crippen LogP contribution in [0.25, 0.3) is 0 Å². The number of carbonyl (C=O) groups is 9. The molecule has 400 valence electrons. The topological polar surface area (TPSA) is 306 Å². The summed E-state index contributed by atoms with van der Waals surface area (Å²) in [6.07, 6.45) is 2.88. The number of rotatable bonds is 27. The van der Waals surface area contributed by atoms with Crippen LogP contribution >= 0.6 is 0 Å². The number of hydrogen-bond acceptors (Lipinski definition) is 12. The number of imide groups is 1. The predicted molar refractivity (Wildman–Crippen MR) is 277 cm³/mol. The fourth-order valence-corrected chi connectivity index (χ4v) is 8.53. The molecule has 2 fully saturated rings. The van der Waals surface area contributed by atoms with E-state index in [0.717, 1.165) is 18.5 Å². The lowest BCUT2D eigenvalue weighted by Crippen LogP contribution is -2.59. The van der Waals surface area contributed by atoms with Gasteiger partial charge in [0.1, 0.15) is 30.2 Å². The summed E-state index contributed by atoms with van der Waals surface area (Å²) < 4.78 is 0. The number of anilines is 2. The van der Waals surface area contributed by atoms with Gasteiger partial charge >= 0.3 is 12.1 Å². The Kier molecular flexibility index (Phi) is 22.6. The predicted octanol–water partition coefficient (Wildman–Crippen LogP) is 1.33. The molecule has 0 aromatic heterocycles. The first-order chi connectivity index (χ1) is 34.6. The highest BCUT2D eigenvalue weighted by molar-refractivity contribution is 5.98. The molecule has 0 saturated carbocycles. The summed E-state index contributed by atoms with van der Waals surface area (Å²) in [5.41, 5.74) is 8.15. The highest BCUT2D eigenvalue weighted by atomic mass is 16.2. The summed E-state index contributed by atoms with van der Waals surface area (Å²) in [5, 5.41) is 27.4. The number of nitrogens with one attached hydrogen (secondary N) is 10. The molecule has 2 heterocycles. The van der Waals surface area contributed by atoms with E-state index in [2.05, 4.69) is 78.5 Å². The smallest absolute Gasteiger partial charge is 0.321 e. The number of nitrogens with zero attached hydrogens (tertiary/aromatic N) is 2. The Hall–Kier alpha value is -7.07. The van der Waals surface area contributed by atoms with Gasteiger partial charge in [-0.25, -0.2) is 9.59 Å². The van der Waals surface area contributed by atoms with E-state index >= 15 is 0 Å². The van der Waals surface area contributed by atoms with Gasteiger partial charge in [0.2, 0.25) is 41.4 Å². The molecule has 4 rings (SSSR count). The molecule has 2 aromatic rings. The minimum absolute atomic E-state index is 0.0167. The SMILES string of the molecule is C=C(Nc1ccc(C[C@H](NC)C(=O)N[C@H](Cc2ccc(NC(N)=O)cc2)C(=O)N[C@@H](CC(C)C)C(=O)N[C@@H](CCCCN(C)C(C)C)C(=O)N2CCC[C@H]2C(=O)N[C@H](C)C(=O)NC)cc1)[C@@H]1CC(=O)NC(=O)N1. The first-order valence-electron chi connectivity index (χ1n) is 25.0. The van der Waals surface area contributed by atoms with Gasteiger partial charge in [0.25, 0.3) is 0 Å². The number of carbonyl (C=O) groups excluding carboxylic acids is 9. The van der Waals surface area contributed by atoms with E-state index in [1.165, 1.54) is 11.9 Å². The monoisotopic (exact) mass is 1020 g/mol. The number of likely N-dealkylation sites (N-methyl/N-ethyl adjacent to an activating group) is 2. The summed E-state index contributed by atoms with van der Waals surface area (Å²) in [6, 6.07) is 6.11. The van der Waals surface area contributed by atoms with Gasteiger partial charge in [-0.2, -0.15) is 0 Å². The molecule has 0 radical (unpaired) electrons. The third kappa shape index (κ3) is 18.5. The molecule has 2 saturated heterocycles. The van der Waals surface area contributed by atoms with Gasteiger partial charge < -0.3 is 63.4 Å². The van der Waals surface area contributed by atoms with Crippen molar-refractivity contribution in [3.05, 3.63) is 71.9 Å². The molecule has 73 heavy (non-hydrogen) atoms. The number of primary amides is 1. The summed E-state index contributed by atoms with van der Waals surface area (Å²) in [5.74, 6) is -3.60. The van der Waals surface area contributed by atoms with Crippen LogP contribution in [0.3, 0.4) is 0 Å². The molecule has 7 atom stereocenters. The first kappa shape index (κ1) is 58.5. The fraction of sp³-hybridized carbons (Fsp3) is 0.549. The van der Waals surface area contributed by atoms with Crippen LogP contribution in [0.2, 0.25) is 0 Å². The minimum atomic E-state index is -1.21. The van der Waals surface area contributed by atoms with E-state index in [9.17, 15) is 43.2 Å². The van der Waals surface area contributed by atoms with Crippen LogP contribution in [0.5, 0.6) is 0 Å². The Morgan fingerprint density at radius 1 is 0.753 bits per heavy atom. The molecular weight excluding hydrogens is 939 g/mol. The second-order valence-corrected chi connectivity index (χ2v) is 19.5. The summed E-state index contributed by atoms with van der Waals surface area (Å²) >= 11 is 0. The van der Waals surface area contributed by atoms with Gasteiger partial charge in [0.15, 0.2) is 0 Å². The Labute approximate surface area is 428 Å². The average molecular weight is 1020 g/mol. The fourth-order valence-electron chi connectivity index (χ4n) is 8.53. The molecule has 2 aliphatic rings. The molecule has 11 amide bonds. The zero-order valence-corrected chi connectivity index (χ0v) is 43.4. The van der Waals surface area contributed by atoms with Crippen LogP contribution in [0.4, 0.5) is 21.0 Å². The number of amides is 11. The molecule has 0 unspecified atom stereocenters. The number of hydrogen-bond donors (Lipinski definition) is 11. The van der Waals surface area contributed by atoms with Crippen molar-refractivity contribution >= 4 is 64.8 Å². The highest BCUT2D eigenvalue weighted by Gasteiger charge is 2.39. The number of likely N-dealkylation sites (tertiary alicyclic amines) is 1. The Balaban J connectivity index is 1.56. The summed E-state index contributed by atoms with van der Waals surface area (Å²) in [4.78, 5) is 122. The van der Waals surface area contributed by atoms with Gasteiger partial charge in [-0.15, -0.1) is 0 Å². The zero-order chi connectivity index (χ0) is 53.9. The Morgan fingerprint density at radius 2 is 1.32 bits per heavy atom. The van der Waals surface area contributed by atoms with Crippen molar-refractivity contribution in [2.45, 2.75) is 141 Å². The third-order valence-corrected chi connectivity index (χ3v) is 13.0. The van der Waals surface area contributed by atoms with Gasteiger partial charge in [-0.1, -0.05) is 44.7 Å². The van der Waals surface area contributed by atoms with Crippen molar-refractivity contribution in [2.75, 3.05) is 44.9 Å². The minimum Gasteiger partial charge on any atom is -0.358 e. The van der Waals surface area contributed by atoms with Gasteiger partial charge in [0.05, 0.1) is 18.5 Å². The number of benzene rings is 2. The van der Waals surface area contributed by atoms with Crippen molar-refractivity contribution in [3.63, 3.8) is 0 Å². The largest absolute Gasteiger partial charge is 0.358 e. The van der Waals surface area contributed by atoms with Crippen LogP contribution in [-0.4, -0.2) is 146 Å². The molecule has 0 bridgehead atoms. The third-order valence-electron chi connectivity index (χ3n) is 13.0. The van der Waals surface area contributed by atoms with Crippen LogP contribution in [0.15, 0.2) is 60.8 Å². The number of urea groups is 2. The lowest BCUT2D eigenvalue weighted by molar-refractivity contribution is -0.142. The summed E-state index contributed by atoms with van der Waals surface area (Å²) in [7, 11) is 5.09. The molecule has 12 N–H and O–H groups in total. The van der Waals surface area contributed by atoms with Crippen molar-refractivity contribution in [2.24, 2.45) is 11.7 Å². The maximum Gasteiger partial charge on any atom is 0.321 e. The molecule has 0 spiro atoms. The van der Waals surface area contributed by atoms with E-state index in [1.54, 1.807) is 62.5 Å². The second-order valence-electron chi connectivity index (χ2n) is 19.5. The van der Waals surface area contributed by atoms with Crippen LogP contribution in [0.1, 0.15) is 90.7 Å². The van der Waals surface area contributed by atoms with Gasteiger partial charge in [-0.05, 0) is 128 Å². The second kappa shape index (κ2) is 28.2. The van der Waals surface area contributed by atoms with Crippen molar-refractivity contribution in [1.29, 1.82) is 0 Å². The number of unbranched alkanes of at least 4 members (excludes halogenated alkanes) is 1. The highest BCUT2D eigenvalue weighted by Crippen LogP contribution is 2.22. The molecule has 2 aromatic carbocycles. The molecule has 22 heteroatoms. The lowest BCUT2D eigenvalue weighted by atomic mass is 9.99. The molecule has 2 aliphatic heterocycles. The lowest BCUT2D eigenvalue weighted by Gasteiger charge is -2.31. The van der Waals surface area contributed by atoms with E-state index in [1.807, 2.05) is 20.9 Å². The van der Waals surface area contributed by atoms with Gasteiger partial charge in [-0.3, -0.25) is 38.9 Å². The first-order valence-corrected chi connectivity index (χ1v) is 25.0. The Morgan fingerprint density at radius 3 is 1.88 bits per heavy atom. The molecular formula is C51H77N13O9. The Bertz CT molecular complexity index is 2260. The summed E-state index contributed by atoms with van der Waals surface area (Å²) in [6.45, 7) is 14.5. The van der Waals surface area contributed by atoms with Crippen LogP contribution in [-0.2, 0) is 46.4 Å². The van der Waals surface area contributed by atoms with E-state index in [-0.39, 0.29) is 50.5 Å². The van der Waals surface area contributed by atoms with Crippen LogP contribution in [0, 0.1) is 5.92 Å². The maximum absolute atomic E-state index is 14.6. The van der Waals surface area contributed by atoms with Crippen molar-refractivity contribution < 1.29 is 43.2 Å².